The second-order valence-corrected chi connectivity index (χ2v) is 6.75. The topological polar surface area (TPSA) is 87.9 Å². The zero-order valence-corrected chi connectivity index (χ0v) is 18.0. The molecule has 0 aliphatic carbocycles. The maximum Gasteiger partial charge on any atom is 0.336 e. The number of non-ortho nitro benzene ring substituents is 1. The molecule has 0 aliphatic rings. The van der Waals surface area contributed by atoms with Gasteiger partial charge in [-0.1, -0.05) is 38.0 Å². The summed E-state index contributed by atoms with van der Waals surface area (Å²) in [6, 6.07) is 11.1. The molecule has 0 unspecified atom stereocenters. The van der Waals surface area contributed by atoms with E-state index in [9.17, 15) is 14.9 Å². The third-order valence-electron chi connectivity index (χ3n) is 4.60. The smallest absolute Gasteiger partial charge is 0.336 e. The monoisotopic (exact) mass is 425 g/mol. The molecule has 0 N–H and O–H groups in total. The molecule has 0 amide bonds. The van der Waals surface area contributed by atoms with Crippen LogP contribution in [0.2, 0.25) is 0 Å². The number of allylic oxidation sites excluding steroid dienone is 3. The molecule has 0 spiro atoms. The van der Waals surface area contributed by atoms with E-state index in [1.807, 2.05) is 24.3 Å². The molecular weight excluding hydrogens is 398 g/mol. The molecule has 7 nitrogen and oxygen atoms in total. The van der Waals surface area contributed by atoms with E-state index < -0.39 is 10.9 Å². The number of methoxy groups -OCH3 is 2. The van der Waals surface area contributed by atoms with Crippen LogP contribution in [0.4, 0.5) is 5.69 Å². The third kappa shape index (κ3) is 7.29. The maximum absolute atomic E-state index is 12.1. The predicted octanol–water partition coefficient (Wildman–Crippen LogP) is 5.74. The number of hydrogen-bond acceptors (Lipinski definition) is 6. The summed E-state index contributed by atoms with van der Waals surface area (Å²) in [7, 11) is 3.19. The van der Waals surface area contributed by atoms with E-state index in [-0.39, 0.29) is 11.4 Å². The maximum atomic E-state index is 12.1. The SMILES string of the molecule is CCCCCC(=CC=CC(=O)Oc1ccc([N+](=O)[O-])cc1)c1ccc(OC)c(OC)c1. The Morgan fingerprint density at radius 1 is 1.03 bits per heavy atom. The Morgan fingerprint density at radius 3 is 2.35 bits per heavy atom. The van der Waals surface area contributed by atoms with Crippen molar-refractivity contribution in [3.05, 3.63) is 76.4 Å². The van der Waals surface area contributed by atoms with Gasteiger partial charge in [-0.3, -0.25) is 10.1 Å². The number of nitrogens with zero attached hydrogens (tertiary/aromatic N) is 1. The van der Waals surface area contributed by atoms with Crippen LogP contribution in [0.15, 0.2) is 60.7 Å². The number of esters is 1. The van der Waals surface area contributed by atoms with Crippen LogP contribution in [-0.4, -0.2) is 25.1 Å². The van der Waals surface area contributed by atoms with Crippen LogP contribution >= 0.6 is 0 Å². The molecule has 7 heteroatoms. The normalized spacial score (nSPS) is 11.4. The van der Waals surface area contributed by atoms with E-state index in [4.69, 9.17) is 14.2 Å². The number of nitro groups is 1. The average molecular weight is 425 g/mol. The first kappa shape index (κ1) is 23.7. The van der Waals surface area contributed by atoms with Crippen LogP contribution in [0.3, 0.4) is 0 Å². The summed E-state index contributed by atoms with van der Waals surface area (Å²) >= 11 is 0. The quantitative estimate of drug-likeness (QED) is 0.0868. The summed E-state index contributed by atoms with van der Waals surface area (Å²) in [6.45, 7) is 2.15. The number of nitro benzene ring substituents is 1. The van der Waals surface area contributed by atoms with E-state index in [1.54, 1.807) is 20.3 Å². The minimum atomic E-state index is -0.565. The third-order valence-corrected chi connectivity index (χ3v) is 4.60. The van der Waals surface area contributed by atoms with Gasteiger partial charge >= 0.3 is 5.97 Å². The number of ether oxygens (including phenoxy) is 3. The lowest BCUT2D eigenvalue weighted by molar-refractivity contribution is -0.384. The summed E-state index contributed by atoms with van der Waals surface area (Å²) in [4.78, 5) is 22.3. The Bertz CT molecular complexity index is 947. The first-order valence-corrected chi connectivity index (χ1v) is 10.0. The summed E-state index contributed by atoms with van der Waals surface area (Å²) in [5.41, 5.74) is 1.99. The van der Waals surface area contributed by atoms with Gasteiger partial charge in [0.1, 0.15) is 5.75 Å². The van der Waals surface area contributed by atoms with Crippen LogP contribution < -0.4 is 14.2 Å². The van der Waals surface area contributed by atoms with Crippen LogP contribution in [0, 0.1) is 10.1 Å². The number of rotatable bonds is 11. The molecule has 2 aromatic carbocycles. The summed E-state index contributed by atoms with van der Waals surface area (Å²) in [6.07, 6.45) is 8.94. The molecule has 0 bridgehead atoms. The second-order valence-electron chi connectivity index (χ2n) is 6.75. The van der Waals surface area contributed by atoms with E-state index in [2.05, 4.69) is 6.92 Å². The summed E-state index contributed by atoms with van der Waals surface area (Å²) < 4.78 is 15.9. The lowest BCUT2D eigenvalue weighted by Crippen LogP contribution is -2.03. The minimum absolute atomic E-state index is 0.0649. The zero-order valence-electron chi connectivity index (χ0n) is 18.0. The van der Waals surface area contributed by atoms with Crippen molar-refractivity contribution in [2.45, 2.75) is 32.6 Å². The first-order valence-electron chi connectivity index (χ1n) is 10.0. The predicted molar refractivity (Wildman–Crippen MR) is 120 cm³/mol. The molecule has 0 saturated heterocycles. The van der Waals surface area contributed by atoms with E-state index in [0.717, 1.165) is 36.8 Å². The van der Waals surface area contributed by atoms with Gasteiger partial charge in [0.05, 0.1) is 19.1 Å². The zero-order chi connectivity index (χ0) is 22.6. The summed E-state index contributed by atoms with van der Waals surface area (Å²) in [5, 5.41) is 10.7. The van der Waals surface area contributed by atoms with Gasteiger partial charge in [0.15, 0.2) is 11.5 Å². The first-order chi connectivity index (χ1) is 15.0. The molecule has 0 atom stereocenters. The molecule has 164 valence electrons. The standard InChI is InChI=1S/C24H27NO6/c1-4-5-6-8-18(19-11-16-22(29-2)23(17-19)30-3)9-7-10-24(26)31-21-14-12-20(13-15-21)25(27)28/h7,9-17H,4-6,8H2,1-3H3. The Morgan fingerprint density at radius 2 is 1.74 bits per heavy atom. The van der Waals surface area contributed by atoms with Crippen molar-refractivity contribution in [2.75, 3.05) is 14.2 Å². The lowest BCUT2D eigenvalue weighted by Gasteiger charge is -2.12. The van der Waals surface area contributed by atoms with E-state index in [0.29, 0.717) is 11.5 Å². The fourth-order valence-electron chi connectivity index (χ4n) is 2.95. The molecule has 0 radical (unpaired) electrons. The largest absolute Gasteiger partial charge is 0.493 e. The van der Waals surface area contributed by atoms with Crippen LogP contribution in [0.1, 0.15) is 38.2 Å². The molecule has 2 rings (SSSR count). The van der Waals surface area contributed by atoms with Gasteiger partial charge in [0.2, 0.25) is 0 Å². The van der Waals surface area contributed by atoms with Crippen LogP contribution in [0.25, 0.3) is 5.57 Å². The number of carbonyl (C=O) groups is 1. The van der Waals surface area contributed by atoms with Gasteiger partial charge in [-0.05, 0) is 48.2 Å². The molecular formula is C24H27NO6. The number of hydrogen-bond donors (Lipinski definition) is 0. The van der Waals surface area contributed by atoms with Gasteiger partial charge in [-0.25, -0.2) is 4.79 Å². The Balaban J connectivity index is 2.14. The van der Waals surface area contributed by atoms with Crippen molar-refractivity contribution >= 4 is 17.2 Å². The van der Waals surface area contributed by atoms with E-state index >= 15 is 0 Å². The fraction of sp³-hybridized carbons (Fsp3) is 0.292. The van der Waals surface area contributed by atoms with Crippen LogP contribution in [0.5, 0.6) is 17.2 Å². The minimum Gasteiger partial charge on any atom is -0.493 e. The van der Waals surface area contributed by atoms with Crippen molar-refractivity contribution in [3.63, 3.8) is 0 Å². The number of carbonyl (C=O) groups excluding carboxylic acids is 1. The lowest BCUT2D eigenvalue weighted by atomic mass is 9.98. The van der Waals surface area contributed by atoms with Crippen molar-refractivity contribution in [1.82, 2.24) is 0 Å². The number of unbranched alkanes of at least 4 members (excludes halogenated alkanes) is 2. The Labute approximate surface area is 182 Å². The van der Waals surface area contributed by atoms with Crippen molar-refractivity contribution in [1.29, 1.82) is 0 Å². The average Bonchev–Trinajstić information content (AvgIpc) is 2.78. The highest BCUT2D eigenvalue weighted by molar-refractivity contribution is 5.85. The van der Waals surface area contributed by atoms with Gasteiger partial charge in [0.25, 0.3) is 5.69 Å². The molecule has 0 saturated carbocycles. The molecule has 0 heterocycles. The molecule has 0 aliphatic heterocycles. The molecule has 2 aromatic rings. The second kappa shape index (κ2) is 12.2. The van der Waals surface area contributed by atoms with Crippen LogP contribution in [-0.2, 0) is 4.79 Å². The highest BCUT2D eigenvalue weighted by Gasteiger charge is 2.09. The van der Waals surface area contributed by atoms with Gasteiger partial charge in [-0.15, -0.1) is 0 Å². The molecule has 0 fully saturated rings. The van der Waals surface area contributed by atoms with Crippen molar-refractivity contribution in [3.8, 4) is 17.2 Å². The molecule has 0 aromatic heterocycles. The Hall–Kier alpha value is -3.61. The van der Waals surface area contributed by atoms with E-state index in [1.165, 1.54) is 30.3 Å². The van der Waals surface area contributed by atoms with Gasteiger partial charge in [0, 0.05) is 18.2 Å². The van der Waals surface area contributed by atoms with Crippen molar-refractivity contribution < 1.29 is 23.9 Å². The highest BCUT2D eigenvalue weighted by atomic mass is 16.6. The highest BCUT2D eigenvalue weighted by Crippen LogP contribution is 2.32. The van der Waals surface area contributed by atoms with Crippen molar-refractivity contribution in [2.24, 2.45) is 0 Å². The summed E-state index contributed by atoms with van der Waals surface area (Å²) in [5.74, 6) is 0.974. The fourth-order valence-corrected chi connectivity index (χ4v) is 2.95. The molecule has 31 heavy (non-hydrogen) atoms. The van der Waals surface area contributed by atoms with Gasteiger partial charge < -0.3 is 14.2 Å². The van der Waals surface area contributed by atoms with Gasteiger partial charge in [-0.2, -0.15) is 0 Å². The Kier molecular flexibility index (Phi) is 9.29. The number of benzene rings is 2.